The van der Waals surface area contributed by atoms with Gasteiger partial charge in [-0.3, -0.25) is 4.90 Å². The van der Waals surface area contributed by atoms with E-state index in [9.17, 15) is 0 Å². The van der Waals surface area contributed by atoms with Gasteiger partial charge in [0, 0.05) is 5.69 Å². The predicted molar refractivity (Wildman–Crippen MR) is 101 cm³/mol. The molecule has 5 heteroatoms. The van der Waals surface area contributed by atoms with Gasteiger partial charge >= 0.3 is 0 Å². The maximum Gasteiger partial charge on any atom is 0.220 e. The topological polar surface area (TPSA) is 80.0 Å². The monoisotopic (exact) mass is 327 g/mol. The quantitative estimate of drug-likeness (QED) is 0.885. The molecule has 0 bridgehead atoms. The molecular weight excluding hydrogens is 298 g/mol. The molecule has 0 amide bonds. The molecule has 3 rings (SSSR count). The number of aliphatic imine (C=N–C) groups is 2. The summed E-state index contributed by atoms with van der Waals surface area (Å²) in [4.78, 5) is 11.0. The van der Waals surface area contributed by atoms with Gasteiger partial charge in [0.25, 0.3) is 0 Å². The van der Waals surface area contributed by atoms with Gasteiger partial charge in [-0.2, -0.15) is 4.99 Å². The molecule has 1 aliphatic heterocycles. The van der Waals surface area contributed by atoms with Crippen LogP contribution in [-0.4, -0.2) is 17.6 Å². The standard InChI is InChI=1S/C19H29N5/c1-3-14(4-2)15-8-10-16(11-9-15)24-18(21)22-17(20)23-19(24)12-6-5-7-13-19/h8-11,14H,3-7,12-13H2,1-2H3,(H4,20,21,22,23). The van der Waals surface area contributed by atoms with Crippen LogP contribution in [0.1, 0.15) is 70.3 Å². The smallest absolute Gasteiger partial charge is 0.220 e. The first-order valence-electron chi connectivity index (χ1n) is 9.19. The van der Waals surface area contributed by atoms with Crippen LogP contribution in [0, 0.1) is 0 Å². The Labute approximate surface area is 144 Å². The maximum absolute atomic E-state index is 6.27. The number of nitrogens with two attached hydrogens (primary N) is 2. The fraction of sp³-hybridized carbons (Fsp3) is 0.579. The number of rotatable bonds is 4. The molecule has 24 heavy (non-hydrogen) atoms. The van der Waals surface area contributed by atoms with Crippen molar-refractivity contribution in [2.45, 2.75) is 70.4 Å². The molecule has 130 valence electrons. The van der Waals surface area contributed by atoms with Crippen LogP contribution in [0.2, 0.25) is 0 Å². The average Bonchev–Trinajstić information content (AvgIpc) is 2.57. The van der Waals surface area contributed by atoms with Crippen molar-refractivity contribution >= 4 is 17.6 Å². The SMILES string of the molecule is CCC(CC)c1ccc(N2C(N)=NC(N)=NC23CCCCC3)cc1. The lowest BCUT2D eigenvalue weighted by Gasteiger charge is -2.45. The zero-order valence-electron chi connectivity index (χ0n) is 14.8. The first kappa shape index (κ1) is 16.8. The third-order valence-electron chi connectivity index (χ3n) is 5.46. The first-order chi connectivity index (χ1) is 11.6. The molecule has 1 fully saturated rings. The van der Waals surface area contributed by atoms with Gasteiger partial charge in [-0.05, 0) is 62.1 Å². The number of nitrogens with zero attached hydrogens (tertiary/aromatic N) is 3. The lowest BCUT2D eigenvalue weighted by Crippen LogP contribution is -2.58. The summed E-state index contributed by atoms with van der Waals surface area (Å²) in [6.07, 6.45) is 7.80. The van der Waals surface area contributed by atoms with Crippen LogP contribution in [0.5, 0.6) is 0 Å². The molecule has 0 saturated heterocycles. The third-order valence-corrected chi connectivity index (χ3v) is 5.46. The molecule has 0 atom stereocenters. The molecule has 1 spiro atoms. The number of anilines is 1. The lowest BCUT2D eigenvalue weighted by molar-refractivity contribution is 0.305. The summed E-state index contributed by atoms with van der Waals surface area (Å²) in [7, 11) is 0. The van der Waals surface area contributed by atoms with E-state index in [2.05, 4.69) is 48.0 Å². The van der Waals surface area contributed by atoms with Crippen LogP contribution in [0.4, 0.5) is 5.69 Å². The van der Waals surface area contributed by atoms with Gasteiger partial charge in [-0.25, -0.2) is 4.99 Å². The fourth-order valence-corrected chi connectivity index (χ4v) is 4.15. The van der Waals surface area contributed by atoms with Crippen LogP contribution in [0.3, 0.4) is 0 Å². The molecule has 0 aromatic heterocycles. The number of benzene rings is 1. The van der Waals surface area contributed by atoms with Crippen molar-refractivity contribution in [1.29, 1.82) is 0 Å². The molecule has 0 unspecified atom stereocenters. The first-order valence-corrected chi connectivity index (χ1v) is 9.19. The summed E-state index contributed by atoms with van der Waals surface area (Å²) in [6.45, 7) is 4.48. The zero-order valence-corrected chi connectivity index (χ0v) is 14.8. The van der Waals surface area contributed by atoms with Gasteiger partial charge in [-0.15, -0.1) is 0 Å². The molecule has 4 N–H and O–H groups in total. The summed E-state index contributed by atoms with van der Waals surface area (Å²) >= 11 is 0. The molecule has 2 aliphatic rings. The van der Waals surface area contributed by atoms with Crippen LogP contribution >= 0.6 is 0 Å². The highest BCUT2D eigenvalue weighted by atomic mass is 15.4. The third kappa shape index (κ3) is 2.99. The largest absolute Gasteiger partial charge is 0.369 e. The summed E-state index contributed by atoms with van der Waals surface area (Å²) in [6, 6.07) is 8.75. The van der Waals surface area contributed by atoms with E-state index in [0.717, 1.165) is 44.2 Å². The Kier molecular flexibility index (Phi) is 4.78. The second-order valence-corrected chi connectivity index (χ2v) is 6.92. The van der Waals surface area contributed by atoms with E-state index in [0.29, 0.717) is 17.8 Å². The molecule has 1 heterocycles. The van der Waals surface area contributed by atoms with Crippen molar-refractivity contribution in [2.75, 3.05) is 4.90 Å². The van der Waals surface area contributed by atoms with Crippen molar-refractivity contribution in [3.8, 4) is 0 Å². The van der Waals surface area contributed by atoms with Crippen LogP contribution in [0.15, 0.2) is 34.3 Å². The van der Waals surface area contributed by atoms with Gasteiger partial charge in [-0.1, -0.05) is 32.4 Å². The minimum absolute atomic E-state index is 0.305. The van der Waals surface area contributed by atoms with Gasteiger partial charge in [0.2, 0.25) is 11.9 Å². The van der Waals surface area contributed by atoms with Gasteiger partial charge < -0.3 is 11.5 Å². The van der Waals surface area contributed by atoms with Crippen molar-refractivity contribution in [3.63, 3.8) is 0 Å². The molecule has 1 saturated carbocycles. The second-order valence-electron chi connectivity index (χ2n) is 6.92. The Morgan fingerprint density at radius 2 is 1.67 bits per heavy atom. The van der Waals surface area contributed by atoms with Crippen LogP contribution < -0.4 is 16.4 Å². The Balaban J connectivity index is 1.95. The van der Waals surface area contributed by atoms with Gasteiger partial charge in [0.05, 0.1) is 0 Å². The minimum Gasteiger partial charge on any atom is -0.369 e. The fourth-order valence-electron chi connectivity index (χ4n) is 4.15. The van der Waals surface area contributed by atoms with Crippen molar-refractivity contribution < 1.29 is 0 Å². The van der Waals surface area contributed by atoms with Gasteiger partial charge in [0.1, 0.15) is 5.66 Å². The second kappa shape index (κ2) is 6.83. The van der Waals surface area contributed by atoms with Crippen molar-refractivity contribution in [2.24, 2.45) is 21.5 Å². The molecule has 0 radical (unpaired) electrons. The number of hydrogen-bond donors (Lipinski definition) is 2. The van der Waals surface area contributed by atoms with Gasteiger partial charge in [0.15, 0.2) is 0 Å². The highest BCUT2D eigenvalue weighted by molar-refractivity contribution is 6.05. The van der Waals surface area contributed by atoms with E-state index in [1.807, 2.05) is 0 Å². The maximum atomic E-state index is 6.27. The highest BCUT2D eigenvalue weighted by Gasteiger charge is 2.42. The van der Waals surface area contributed by atoms with Crippen molar-refractivity contribution in [1.82, 2.24) is 0 Å². The van der Waals surface area contributed by atoms with E-state index in [-0.39, 0.29) is 5.66 Å². The summed E-state index contributed by atoms with van der Waals surface area (Å²) in [5.74, 6) is 1.38. The van der Waals surface area contributed by atoms with Crippen molar-refractivity contribution in [3.05, 3.63) is 29.8 Å². The number of guanidine groups is 2. The Hall–Kier alpha value is -2.04. The average molecular weight is 327 g/mol. The molecule has 1 aromatic rings. The normalized spacial score (nSPS) is 20.2. The Morgan fingerprint density at radius 3 is 2.25 bits per heavy atom. The van der Waals surface area contributed by atoms with E-state index >= 15 is 0 Å². The summed E-state index contributed by atoms with van der Waals surface area (Å²) in [5.41, 5.74) is 14.3. The van der Waals surface area contributed by atoms with E-state index in [1.165, 1.54) is 12.0 Å². The molecule has 1 aromatic carbocycles. The number of hydrogen-bond acceptors (Lipinski definition) is 5. The Morgan fingerprint density at radius 1 is 1.04 bits per heavy atom. The van der Waals surface area contributed by atoms with E-state index in [1.54, 1.807) is 0 Å². The predicted octanol–water partition coefficient (Wildman–Crippen LogP) is 3.70. The minimum atomic E-state index is -0.357. The summed E-state index contributed by atoms with van der Waals surface area (Å²) in [5, 5.41) is 0. The lowest BCUT2D eigenvalue weighted by atomic mass is 9.87. The highest BCUT2D eigenvalue weighted by Crippen LogP contribution is 2.39. The van der Waals surface area contributed by atoms with Crippen LogP contribution in [0.25, 0.3) is 0 Å². The Bertz CT molecular complexity index is 622. The molecule has 1 aliphatic carbocycles. The van der Waals surface area contributed by atoms with E-state index in [4.69, 9.17) is 16.5 Å². The van der Waals surface area contributed by atoms with Crippen LogP contribution in [-0.2, 0) is 0 Å². The molecule has 5 nitrogen and oxygen atoms in total. The van der Waals surface area contributed by atoms with E-state index < -0.39 is 0 Å². The summed E-state index contributed by atoms with van der Waals surface area (Å²) < 4.78 is 0. The molecular formula is C19H29N5. The zero-order chi connectivity index (χ0) is 17.2.